The van der Waals surface area contributed by atoms with Gasteiger partial charge in [0.1, 0.15) is 5.75 Å². The second-order valence-corrected chi connectivity index (χ2v) is 7.17. The molecule has 1 aliphatic rings. The molecule has 1 aromatic carbocycles. The predicted molar refractivity (Wildman–Crippen MR) is 97.8 cm³/mol. The third-order valence-corrected chi connectivity index (χ3v) is 4.51. The molecule has 26 heavy (non-hydrogen) atoms. The van der Waals surface area contributed by atoms with E-state index in [0.29, 0.717) is 41.5 Å². The van der Waals surface area contributed by atoms with Gasteiger partial charge in [-0.1, -0.05) is 31.1 Å². The van der Waals surface area contributed by atoms with Crippen LogP contribution in [-0.2, 0) is 17.8 Å². The zero-order valence-electron chi connectivity index (χ0n) is 15.6. The maximum absolute atomic E-state index is 12.2. The van der Waals surface area contributed by atoms with Crippen molar-refractivity contribution in [1.29, 1.82) is 0 Å². The van der Waals surface area contributed by atoms with Crippen LogP contribution in [0.2, 0.25) is 0 Å². The normalized spacial score (nSPS) is 20.7. The SMILES string of the molecule is COc1ccccc1NC(=O)Cc1noc(CN2C[C@H](C)C[C@H](C)C2)n1. The number of hydrogen-bond donors (Lipinski definition) is 1. The van der Waals surface area contributed by atoms with Crippen LogP contribution in [0.25, 0.3) is 0 Å². The number of nitrogens with zero attached hydrogens (tertiary/aromatic N) is 3. The highest BCUT2D eigenvalue weighted by Crippen LogP contribution is 2.23. The summed E-state index contributed by atoms with van der Waals surface area (Å²) in [5.74, 6) is 2.71. The molecule has 7 nitrogen and oxygen atoms in total. The summed E-state index contributed by atoms with van der Waals surface area (Å²) in [6.45, 7) is 7.25. The molecule has 2 heterocycles. The average Bonchev–Trinajstić information content (AvgIpc) is 3.01. The molecule has 0 bridgehead atoms. The van der Waals surface area contributed by atoms with E-state index in [2.05, 4.69) is 34.2 Å². The van der Waals surface area contributed by atoms with Crippen LogP contribution >= 0.6 is 0 Å². The molecular weight excluding hydrogens is 332 g/mol. The number of carbonyl (C=O) groups excluding carboxylic acids is 1. The highest BCUT2D eigenvalue weighted by Gasteiger charge is 2.23. The molecule has 0 radical (unpaired) electrons. The summed E-state index contributed by atoms with van der Waals surface area (Å²) in [7, 11) is 1.57. The van der Waals surface area contributed by atoms with Gasteiger partial charge in [-0.25, -0.2) is 0 Å². The third kappa shape index (κ3) is 4.82. The lowest BCUT2D eigenvalue weighted by molar-refractivity contribution is -0.115. The standard InChI is InChI=1S/C19H26N4O3/c1-13-8-14(2)11-23(10-13)12-19-21-17(22-26-19)9-18(24)20-15-6-4-5-7-16(15)25-3/h4-7,13-14H,8-12H2,1-3H3,(H,20,24)/t13-,14+. The predicted octanol–water partition coefficient (Wildman–Crippen LogP) is 2.74. The van der Waals surface area contributed by atoms with Crippen molar-refractivity contribution >= 4 is 11.6 Å². The van der Waals surface area contributed by atoms with Crippen LogP contribution in [0.1, 0.15) is 32.0 Å². The van der Waals surface area contributed by atoms with E-state index in [9.17, 15) is 4.79 Å². The minimum absolute atomic E-state index is 0.0638. The number of nitrogens with one attached hydrogen (secondary N) is 1. The number of ether oxygens (including phenoxy) is 1. The molecule has 1 saturated heterocycles. The molecule has 1 fully saturated rings. The summed E-state index contributed by atoms with van der Waals surface area (Å²) >= 11 is 0. The Morgan fingerprint density at radius 3 is 2.77 bits per heavy atom. The molecular formula is C19H26N4O3. The number of likely N-dealkylation sites (tertiary alicyclic amines) is 1. The Bertz CT molecular complexity index is 736. The van der Waals surface area contributed by atoms with Crippen molar-refractivity contribution in [3.8, 4) is 5.75 Å². The average molecular weight is 358 g/mol. The Hall–Kier alpha value is -2.41. The maximum atomic E-state index is 12.2. The van der Waals surface area contributed by atoms with Crippen LogP contribution in [0.5, 0.6) is 5.75 Å². The zero-order valence-corrected chi connectivity index (χ0v) is 15.6. The van der Waals surface area contributed by atoms with Crippen molar-refractivity contribution in [2.45, 2.75) is 33.2 Å². The number of methoxy groups -OCH3 is 1. The fourth-order valence-corrected chi connectivity index (χ4v) is 3.62. The summed E-state index contributed by atoms with van der Waals surface area (Å²) in [4.78, 5) is 18.9. The molecule has 7 heteroatoms. The van der Waals surface area contributed by atoms with Gasteiger partial charge >= 0.3 is 0 Å². The minimum atomic E-state index is -0.206. The van der Waals surface area contributed by atoms with Gasteiger partial charge < -0.3 is 14.6 Å². The molecule has 1 aliphatic heterocycles. The van der Waals surface area contributed by atoms with E-state index in [-0.39, 0.29) is 12.3 Å². The van der Waals surface area contributed by atoms with Crippen molar-refractivity contribution in [2.75, 3.05) is 25.5 Å². The molecule has 0 saturated carbocycles. The molecule has 1 amide bonds. The quantitative estimate of drug-likeness (QED) is 0.855. The van der Waals surface area contributed by atoms with E-state index in [1.54, 1.807) is 19.2 Å². The van der Waals surface area contributed by atoms with Crippen LogP contribution in [0.4, 0.5) is 5.69 Å². The molecule has 140 valence electrons. The van der Waals surface area contributed by atoms with E-state index in [1.807, 2.05) is 12.1 Å². The topological polar surface area (TPSA) is 80.5 Å². The van der Waals surface area contributed by atoms with Crippen molar-refractivity contribution in [1.82, 2.24) is 15.0 Å². The van der Waals surface area contributed by atoms with Gasteiger partial charge in [-0.15, -0.1) is 0 Å². The smallest absolute Gasteiger partial charge is 0.240 e. The van der Waals surface area contributed by atoms with Crippen LogP contribution in [0, 0.1) is 11.8 Å². The van der Waals surface area contributed by atoms with Gasteiger partial charge in [-0.2, -0.15) is 4.98 Å². The second kappa shape index (κ2) is 8.31. The number of carbonyl (C=O) groups is 1. The fraction of sp³-hybridized carbons (Fsp3) is 0.526. The molecule has 3 rings (SSSR count). The van der Waals surface area contributed by atoms with Crippen LogP contribution in [0.3, 0.4) is 0 Å². The molecule has 0 unspecified atom stereocenters. The number of anilines is 1. The van der Waals surface area contributed by atoms with Crippen molar-refractivity contribution in [3.05, 3.63) is 36.0 Å². The minimum Gasteiger partial charge on any atom is -0.495 e. The lowest BCUT2D eigenvalue weighted by Crippen LogP contribution is -2.38. The Balaban J connectivity index is 1.55. The Morgan fingerprint density at radius 1 is 1.31 bits per heavy atom. The van der Waals surface area contributed by atoms with E-state index in [0.717, 1.165) is 13.1 Å². The first-order valence-electron chi connectivity index (χ1n) is 9.00. The third-order valence-electron chi connectivity index (χ3n) is 4.51. The van der Waals surface area contributed by atoms with Crippen molar-refractivity contribution < 1.29 is 14.1 Å². The lowest BCUT2D eigenvalue weighted by atomic mass is 9.92. The van der Waals surface area contributed by atoms with Crippen LogP contribution < -0.4 is 10.1 Å². The summed E-state index contributed by atoms with van der Waals surface area (Å²) in [6.07, 6.45) is 1.32. The molecule has 2 aromatic rings. The molecule has 1 N–H and O–H groups in total. The van der Waals surface area contributed by atoms with Crippen LogP contribution in [0.15, 0.2) is 28.8 Å². The van der Waals surface area contributed by atoms with Gasteiger partial charge in [0.2, 0.25) is 11.8 Å². The highest BCUT2D eigenvalue weighted by atomic mass is 16.5. The number of amides is 1. The first kappa shape index (κ1) is 18.4. The molecule has 0 aliphatic carbocycles. The first-order chi connectivity index (χ1) is 12.5. The van der Waals surface area contributed by atoms with E-state index >= 15 is 0 Å². The lowest BCUT2D eigenvalue weighted by Gasteiger charge is -2.33. The Labute approximate surface area is 153 Å². The zero-order chi connectivity index (χ0) is 18.5. The number of aromatic nitrogens is 2. The highest BCUT2D eigenvalue weighted by molar-refractivity contribution is 5.93. The summed E-state index contributed by atoms with van der Waals surface area (Å²) in [6, 6.07) is 7.27. The van der Waals surface area contributed by atoms with Gasteiger partial charge in [0.25, 0.3) is 0 Å². The second-order valence-electron chi connectivity index (χ2n) is 7.17. The van der Waals surface area contributed by atoms with E-state index in [4.69, 9.17) is 9.26 Å². The number of para-hydroxylation sites is 2. The number of rotatable bonds is 6. The fourth-order valence-electron chi connectivity index (χ4n) is 3.62. The molecule has 2 atom stereocenters. The van der Waals surface area contributed by atoms with Gasteiger partial charge in [0.05, 0.1) is 25.8 Å². The molecule has 1 aromatic heterocycles. The summed E-state index contributed by atoms with van der Waals surface area (Å²) < 4.78 is 10.6. The number of piperidine rings is 1. The van der Waals surface area contributed by atoms with Gasteiger partial charge in [0.15, 0.2) is 5.82 Å². The van der Waals surface area contributed by atoms with E-state index in [1.165, 1.54) is 6.42 Å². The van der Waals surface area contributed by atoms with Crippen LogP contribution in [-0.4, -0.2) is 41.1 Å². The van der Waals surface area contributed by atoms with Crippen molar-refractivity contribution in [2.24, 2.45) is 11.8 Å². The number of benzene rings is 1. The first-order valence-corrected chi connectivity index (χ1v) is 9.00. The maximum Gasteiger partial charge on any atom is 0.240 e. The summed E-state index contributed by atoms with van der Waals surface area (Å²) in [5.41, 5.74) is 0.625. The molecule has 0 spiro atoms. The monoisotopic (exact) mass is 358 g/mol. The van der Waals surface area contributed by atoms with Gasteiger partial charge in [-0.05, 0) is 30.4 Å². The number of hydrogen-bond acceptors (Lipinski definition) is 6. The van der Waals surface area contributed by atoms with Gasteiger partial charge in [0, 0.05) is 13.1 Å². The summed E-state index contributed by atoms with van der Waals surface area (Å²) in [5, 5.41) is 6.76. The largest absolute Gasteiger partial charge is 0.495 e. The Morgan fingerprint density at radius 2 is 2.04 bits per heavy atom. The van der Waals surface area contributed by atoms with E-state index < -0.39 is 0 Å². The van der Waals surface area contributed by atoms with Crippen molar-refractivity contribution in [3.63, 3.8) is 0 Å². The Kier molecular flexibility index (Phi) is 5.88. The van der Waals surface area contributed by atoms with Gasteiger partial charge in [-0.3, -0.25) is 9.69 Å².